The highest BCUT2D eigenvalue weighted by molar-refractivity contribution is 5.51. The maximum atomic E-state index is 5.93. The normalized spacial score (nSPS) is 16.8. The van der Waals surface area contributed by atoms with Crippen LogP contribution >= 0.6 is 0 Å². The Hall–Kier alpha value is -2.70. The third-order valence-electron chi connectivity index (χ3n) is 5.19. The average molecular weight is 378 g/mol. The third kappa shape index (κ3) is 4.58. The van der Waals surface area contributed by atoms with Crippen LogP contribution in [0.25, 0.3) is 11.5 Å². The molecule has 0 bridgehead atoms. The van der Waals surface area contributed by atoms with E-state index < -0.39 is 0 Å². The fourth-order valence-electron chi connectivity index (χ4n) is 3.44. The van der Waals surface area contributed by atoms with Gasteiger partial charge in [0.2, 0.25) is 11.8 Å². The molecule has 0 N–H and O–H groups in total. The van der Waals surface area contributed by atoms with Gasteiger partial charge in [-0.3, -0.25) is 9.80 Å². The van der Waals surface area contributed by atoms with Crippen molar-refractivity contribution < 1.29 is 9.15 Å². The lowest BCUT2D eigenvalue weighted by Crippen LogP contribution is -2.48. The highest BCUT2D eigenvalue weighted by atomic mass is 16.5. The van der Waals surface area contributed by atoms with Gasteiger partial charge in [0.1, 0.15) is 12.4 Å². The number of hydrogen-bond acceptors (Lipinski definition) is 6. The maximum Gasteiger partial charge on any atom is 0.247 e. The molecule has 0 amide bonds. The van der Waals surface area contributed by atoms with Crippen LogP contribution in [0.15, 0.2) is 65.1 Å². The quantitative estimate of drug-likeness (QED) is 0.627. The van der Waals surface area contributed by atoms with Crippen molar-refractivity contribution in [2.75, 3.05) is 39.3 Å². The summed E-state index contributed by atoms with van der Waals surface area (Å²) in [6.07, 6.45) is 0. The number of rotatable bonds is 7. The molecule has 0 spiro atoms. The minimum Gasteiger partial charge on any atom is -0.492 e. The van der Waals surface area contributed by atoms with Crippen molar-refractivity contribution in [3.63, 3.8) is 0 Å². The number of piperazine rings is 1. The summed E-state index contributed by atoms with van der Waals surface area (Å²) in [5.41, 5.74) is 0.955. The average Bonchev–Trinajstić information content (AvgIpc) is 3.25. The Kier molecular flexibility index (Phi) is 5.99. The van der Waals surface area contributed by atoms with Gasteiger partial charge in [-0.25, -0.2) is 0 Å². The SMILES string of the molecule is CC(c1nnc(-c2ccccc2)o1)N1CCN(CCOc2ccccc2)CC1. The lowest BCUT2D eigenvalue weighted by molar-refractivity contribution is 0.0827. The van der Waals surface area contributed by atoms with Gasteiger partial charge in [-0.15, -0.1) is 10.2 Å². The molecule has 6 heteroatoms. The summed E-state index contributed by atoms with van der Waals surface area (Å²) in [6.45, 7) is 7.78. The summed E-state index contributed by atoms with van der Waals surface area (Å²) in [6, 6.07) is 20.0. The lowest BCUT2D eigenvalue weighted by Gasteiger charge is -2.36. The van der Waals surface area contributed by atoms with Crippen molar-refractivity contribution in [1.29, 1.82) is 0 Å². The van der Waals surface area contributed by atoms with Gasteiger partial charge < -0.3 is 9.15 Å². The molecule has 3 aromatic rings. The number of benzene rings is 2. The van der Waals surface area contributed by atoms with Crippen molar-refractivity contribution in [3.8, 4) is 17.2 Å². The fraction of sp³-hybridized carbons (Fsp3) is 0.364. The number of nitrogens with zero attached hydrogens (tertiary/aromatic N) is 4. The minimum absolute atomic E-state index is 0.118. The van der Waals surface area contributed by atoms with Crippen LogP contribution in [0.2, 0.25) is 0 Å². The van der Waals surface area contributed by atoms with Crippen LogP contribution < -0.4 is 4.74 Å². The van der Waals surface area contributed by atoms with Gasteiger partial charge in [0.25, 0.3) is 0 Å². The Bertz CT molecular complexity index is 845. The number of hydrogen-bond donors (Lipinski definition) is 0. The summed E-state index contributed by atoms with van der Waals surface area (Å²) >= 11 is 0. The molecule has 4 rings (SSSR count). The Morgan fingerprint density at radius 3 is 2.32 bits per heavy atom. The summed E-state index contributed by atoms with van der Waals surface area (Å²) < 4.78 is 11.7. The van der Waals surface area contributed by atoms with Crippen molar-refractivity contribution in [2.45, 2.75) is 13.0 Å². The van der Waals surface area contributed by atoms with E-state index in [9.17, 15) is 0 Å². The second kappa shape index (κ2) is 8.99. The molecule has 0 aliphatic carbocycles. The zero-order chi connectivity index (χ0) is 19.2. The molecule has 1 atom stereocenters. The molecule has 6 nitrogen and oxygen atoms in total. The molecule has 1 saturated heterocycles. The standard InChI is InChI=1S/C22H26N4O2/c1-18(21-23-24-22(28-21)19-8-4-2-5-9-19)26-14-12-25(13-15-26)16-17-27-20-10-6-3-7-11-20/h2-11,18H,12-17H2,1H3. The van der Waals surface area contributed by atoms with E-state index in [0.717, 1.165) is 44.0 Å². The van der Waals surface area contributed by atoms with E-state index in [0.29, 0.717) is 18.4 Å². The molecule has 146 valence electrons. The predicted octanol–water partition coefficient (Wildman–Crippen LogP) is 3.49. The Morgan fingerprint density at radius 1 is 0.929 bits per heavy atom. The highest BCUT2D eigenvalue weighted by Crippen LogP contribution is 2.24. The molecule has 28 heavy (non-hydrogen) atoms. The largest absolute Gasteiger partial charge is 0.492 e. The topological polar surface area (TPSA) is 54.6 Å². The Balaban J connectivity index is 1.25. The monoisotopic (exact) mass is 378 g/mol. The van der Waals surface area contributed by atoms with Gasteiger partial charge in [-0.05, 0) is 31.2 Å². The second-order valence-corrected chi connectivity index (χ2v) is 7.03. The van der Waals surface area contributed by atoms with Gasteiger partial charge >= 0.3 is 0 Å². The summed E-state index contributed by atoms with van der Waals surface area (Å²) in [5, 5.41) is 8.49. The van der Waals surface area contributed by atoms with Crippen LogP contribution in [0, 0.1) is 0 Å². The van der Waals surface area contributed by atoms with E-state index in [1.165, 1.54) is 0 Å². The lowest BCUT2D eigenvalue weighted by atomic mass is 10.2. The minimum atomic E-state index is 0.118. The van der Waals surface area contributed by atoms with Crippen LogP contribution in [0.3, 0.4) is 0 Å². The van der Waals surface area contributed by atoms with Gasteiger partial charge in [-0.2, -0.15) is 0 Å². The first-order valence-electron chi connectivity index (χ1n) is 9.82. The van der Waals surface area contributed by atoms with Crippen LogP contribution in [-0.2, 0) is 0 Å². The van der Waals surface area contributed by atoms with Crippen molar-refractivity contribution >= 4 is 0 Å². The summed E-state index contributed by atoms with van der Waals surface area (Å²) in [7, 11) is 0. The molecule has 0 saturated carbocycles. The molecular formula is C22H26N4O2. The van der Waals surface area contributed by atoms with E-state index in [1.807, 2.05) is 60.7 Å². The first-order valence-corrected chi connectivity index (χ1v) is 9.82. The molecule has 2 heterocycles. The Morgan fingerprint density at radius 2 is 1.61 bits per heavy atom. The zero-order valence-corrected chi connectivity index (χ0v) is 16.2. The first kappa shape index (κ1) is 18.7. The highest BCUT2D eigenvalue weighted by Gasteiger charge is 2.25. The van der Waals surface area contributed by atoms with Crippen molar-refractivity contribution in [3.05, 3.63) is 66.6 Å². The molecular weight excluding hydrogens is 352 g/mol. The van der Waals surface area contributed by atoms with E-state index in [-0.39, 0.29) is 6.04 Å². The maximum absolute atomic E-state index is 5.93. The second-order valence-electron chi connectivity index (χ2n) is 7.03. The number of para-hydroxylation sites is 1. The molecule has 1 aromatic heterocycles. The van der Waals surface area contributed by atoms with E-state index in [1.54, 1.807) is 0 Å². The Labute approximate surface area is 165 Å². The fourth-order valence-corrected chi connectivity index (χ4v) is 3.44. The third-order valence-corrected chi connectivity index (χ3v) is 5.19. The molecule has 0 radical (unpaired) electrons. The van der Waals surface area contributed by atoms with Crippen molar-refractivity contribution in [1.82, 2.24) is 20.0 Å². The molecule has 2 aromatic carbocycles. The first-order chi connectivity index (χ1) is 13.8. The smallest absolute Gasteiger partial charge is 0.247 e. The molecule has 1 aliphatic rings. The van der Waals surface area contributed by atoms with E-state index in [2.05, 4.69) is 26.9 Å². The van der Waals surface area contributed by atoms with Crippen LogP contribution in [0.4, 0.5) is 0 Å². The van der Waals surface area contributed by atoms with Crippen LogP contribution in [0.1, 0.15) is 18.9 Å². The molecule has 1 aliphatic heterocycles. The number of aromatic nitrogens is 2. The van der Waals surface area contributed by atoms with Crippen LogP contribution in [0.5, 0.6) is 5.75 Å². The number of ether oxygens (including phenoxy) is 1. The van der Waals surface area contributed by atoms with Crippen LogP contribution in [-0.4, -0.2) is 59.3 Å². The zero-order valence-electron chi connectivity index (χ0n) is 16.2. The van der Waals surface area contributed by atoms with Gasteiger partial charge in [0.05, 0.1) is 6.04 Å². The summed E-state index contributed by atoms with van der Waals surface area (Å²) in [4.78, 5) is 4.84. The van der Waals surface area contributed by atoms with Gasteiger partial charge in [0.15, 0.2) is 0 Å². The predicted molar refractivity (Wildman–Crippen MR) is 108 cm³/mol. The van der Waals surface area contributed by atoms with Gasteiger partial charge in [-0.1, -0.05) is 36.4 Å². The van der Waals surface area contributed by atoms with Crippen molar-refractivity contribution in [2.24, 2.45) is 0 Å². The molecule has 1 fully saturated rings. The molecule has 1 unspecified atom stereocenters. The van der Waals surface area contributed by atoms with Gasteiger partial charge in [0, 0.05) is 38.3 Å². The summed E-state index contributed by atoms with van der Waals surface area (Å²) in [5.74, 6) is 2.19. The van der Waals surface area contributed by atoms with E-state index >= 15 is 0 Å². The van der Waals surface area contributed by atoms with E-state index in [4.69, 9.17) is 9.15 Å².